The van der Waals surface area contributed by atoms with Crippen LogP contribution in [-0.2, 0) is 0 Å². The number of hydrogen-bond acceptors (Lipinski definition) is 3. The van der Waals surface area contributed by atoms with E-state index in [-0.39, 0.29) is 0 Å². The minimum absolute atomic E-state index is 0.616. The van der Waals surface area contributed by atoms with Gasteiger partial charge in [-0.2, -0.15) is 5.26 Å². The molecule has 4 heteroatoms. The third kappa shape index (κ3) is 7.14. The molecule has 0 aromatic heterocycles. The smallest absolute Gasteiger partial charge is 0.187 e. The summed E-state index contributed by atoms with van der Waals surface area (Å²) in [6, 6.07) is 92.6. The second-order valence-corrected chi connectivity index (χ2v) is 18.2. The summed E-state index contributed by atoms with van der Waals surface area (Å²) in [5.74, 6) is 0. The van der Waals surface area contributed by atoms with E-state index < -0.39 is 0 Å². The van der Waals surface area contributed by atoms with Crippen molar-refractivity contribution in [1.82, 2.24) is 0 Å². The van der Waals surface area contributed by atoms with Crippen molar-refractivity contribution in [1.29, 1.82) is 5.26 Å². The van der Waals surface area contributed by atoms with Crippen LogP contribution in [-0.4, -0.2) is 0 Å². The summed E-state index contributed by atoms with van der Waals surface area (Å²) in [7, 11) is 0. The van der Waals surface area contributed by atoms with Crippen LogP contribution in [0.15, 0.2) is 255 Å². The van der Waals surface area contributed by atoms with Gasteiger partial charge in [0.05, 0.1) is 29.6 Å². The topological polar surface area (TPSA) is 34.6 Å². The first kappa shape index (κ1) is 42.1. The molecule has 334 valence electrons. The van der Waals surface area contributed by atoms with E-state index in [1.54, 1.807) is 0 Å². The van der Waals surface area contributed by atoms with Crippen LogP contribution in [0.2, 0.25) is 0 Å². The molecule has 0 aliphatic carbocycles. The van der Waals surface area contributed by atoms with Gasteiger partial charge in [0.2, 0.25) is 0 Å². The first-order valence-electron chi connectivity index (χ1n) is 24.2. The first-order valence-corrected chi connectivity index (χ1v) is 24.2. The zero-order valence-electron chi connectivity index (χ0n) is 39.0. The minimum Gasteiger partial charge on any atom is -0.310 e. The lowest BCUT2D eigenvalue weighted by atomic mass is 9.86. The molecule has 13 rings (SSSR count). The van der Waals surface area contributed by atoms with Gasteiger partial charge in [-0.05, 0) is 161 Å². The zero-order valence-corrected chi connectivity index (χ0v) is 39.0. The van der Waals surface area contributed by atoms with E-state index >= 15 is 0 Å². The Balaban J connectivity index is 0.917. The number of anilines is 6. The van der Waals surface area contributed by atoms with E-state index in [9.17, 15) is 5.26 Å². The van der Waals surface area contributed by atoms with E-state index in [1.165, 1.54) is 59.4 Å². The summed E-state index contributed by atoms with van der Waals surface area (Å²) in [4.78, 5) is 8.23. The Hall–Kier alpha value is -10.0. The second kappa shape index (κ2) is 17.5. The molecule has 4 nitrogen and oxygen atoms in total. The molecule has 0 heterocycles. The van der Waals surface area contributed by atoms with E-state index in [2.05, 4.69) is 227 Å². The molecular formula is C68H42N4. The number of rotatable bonds is 8. The SMILES string of the molecule is [C-]#[N+]c1ccc(N(c2ccc(-c3ccc4c(c3)c3ccccc3c3cc(-c5ccc(N(c6ccc(C#N)cc6)c6cccc7ccccc67)cc5)c5ccccc5c43)cc2)c2cccc3ccccc23)cc1. The van der Waals surface area contributed by atoms with Crippen molar-refractivity contribution in [2.45, 2.75) is 0 Å². The molecule has 0 radical (unpaired) electrons. The summed E-state index contributed by atoms with van der Waals surface area (Å²) in [5, 5.41) is 24.0. The van der Waals surface area contributed by atoms with Crippen LogP contribution in [0.3, 0.4) is 0 Å². The van der Waals surface area contributed by atoms with E-state index in [1.807, 2.05) is 48.5 Å². The van der Waals surface area contributed by atoms with Crippen LogP contribution < -0.4 is 9.80 Å². The molecule has 72 heavy (non-hydrogen) atoms. The van der Waals surface area contributed by atoms with Gasteiger partial charge in [-0.3, -0.25) is 0 Å². The molecule has 0 aliphatic rings. The van der Waals surface area contributed by atoms with E-state index in [0.717, 1.165) is 61.6 Å². The molecule has 0 aliphatic heterocycles. The van der Waals surface area contributed by atoms with Crippen molar-refractivity contribution >= 4 is 104 Å². The van der Waals surface area contributed by atoms with Crippen molar-refractivity contribution in [2.75, 3.05) is 9.80 Å². The van der Waals surface area contributed by atoms with Crippen LogP contribution in [0.25, 0.3) is 91.7 Å². The third-order valence-electron chi connectivity index (χ3n) is 14.2. The quantitative estimate of drug-likeness (QED) is 0.113. The molecule has 0 unspecified atom stereocenters. The molecule has 0 atom stereocenters. The molecule has 0 amide bonds. The average Bonchev–Trinajstić information content (AvgIpc) is 3.46. The first-order chi connectivity index (χ1) is 35.6. The molecule has 0 spiro atoms. The summed E-state index contributed by atoms with van der Waals surface area (Å²) < 4.78 is 0. The maximum absolute atomic E-state index is 9.63. The highest BCUT2D eigenvalue weighted by atomic mass is 15.1. The molecule has 0 saturated carbocycles. The Morgan fingerprint density at radius 3 is 1.32 bits per heavy atom. The minimum atomic E-state index is 0.616. The summed E-state index contributed by atoms with van der Waals surface area (Å²) in [6.07, 6.45) is 0. The molecule has 0 bridgehead atoms. The van der Waals surface area contributed by atoms with Crippen LogP contribution in [0.4, 0.5) is 39.8 Å². The van der Waals surface area contributed by atoms with Gasteiger partial charge in [-0.1, -0.05) is 170 Å². The lowest BCUT2D eigenvalue weighted by Crippen LogP contribution is -2.10. The molecular weight excluding hydrogens is 873 g/mol. The normalized spacial score (nSPS) is 11.3. The number of nitriles is 1. The number of fused-ring (bicyclic) bond motifs is 10. The highest BCUT2D eigenvalue weighted by Crippen LogP contribution is 2.46. The van der Waals surface area contributed by atoms with Crippen molar-refractivity contribution < 1.29 is 0 Å². The summed E-state index contributed by atoms with van der Waals surface area (Å²) in [6.45, 7) is 7.56. The Morgan fingerprint density at radius 2 is 0.764 bits per heavy atom. The van der Waals surface area contributed by atoms with Gasteiger partial charge in [-0.25, -0.2) is 4.85 Å². The van der Waals surface area contributed by atoms with Gasteiger partial charge in [0, 0.05) is 33.5 Å². The fraction of sp³-hybridized carbons (Fsp3) is 0. The summed E-state index contributed by atoms with van der Waals surface area (Å²) in [5.41, 5.74) is 12.0. The van der Waals surface area contributed by atoms with E-state index in [0.29, 0.717) is 11.3 Å². The molecule has 0 N–H and O–H groups in total. The number of hydrogen-bond donors (Lipinski definition) is 0. The van der Waals surface area contributed by atoms with Crippen molar-refractivity contribution in [3.8, 4) is 28.3 Å². The lowest BCUT2D eigenvalue weighted by molar-refractivity contribution is 1.29. The Bertz CT molecular complexity index is 4320. The maximum atomic E-state index is 9.63. The van der Waals surface area contributed by atoms with Gasteiger partial charge in [0.1, 0.15) is 0 Å². The van der Waals surface area contributed by atoms with Gasteiger partial charge < -0.3 is 9.80 Å². The predicted molar refractivity (Wildman–Crippen MR) is 303 cm³/mol. The van der Waals surface area contributed by atoms with Crippen LogP contribution in [0, 0.1) is 17.9 Å². The third-order valence-corrected chi connectivity index (χ3v) is 14.2. The predicted octanol–water partition coefficient (Wildman–Crippen LogP) is 19.3. The van der Waals surface area contributed by atoms with Crippen molar-refractivity contribution in [2.24, 2.45) is 0 Å². The van der Waals surface area contributed by atoms with Crippen LogP contribution >= 0.6 is 0 Å². The van der Waals surface area contributed by atoms with Crippen LogP contribution in [0.5, 0.6) is 0 Å². The fourth-order valence-electron chi connectivity index (χ4n) is 10.8. The maximum Gasteiger partial charge on any atom is 0.187 e. The molecule has 0 fully saturated rings. The standard InChI is InChI=1S/C68H42N4/c1-70-51-31-39-55(40-32-51)72(67-23-11-15-48-13-3-5-17-57(48)67)53-35-26-46(27-36-53)50-30-41-62-64(42-50)58-18-6-7-19-59(58)65-43-63(60-20-8-9-21-61(60)68(62)65)49-28-37-54(38-29-49)71(52-33-24-45(44-69)25-34-52)66-22-10-14-47-12-2-4-16-56(47)66/h2-43H. The van der Waals surface area contributed by atoms with Gasteiger partial charge in [0.25, 0.3) is 0 Å². The Kier molecular flexibility index (Phi) is 10.2. The molecule has 0 saturated heterocycles. The van der Waals surface area contributed by atoms with Crippen LogP contribution in [0.1, 0.15) is 5.56 Å². The van der Waals surface area contributed by atoms with Gasteiger partial charge in [0.15, 0.2) is 5.69 Å². The average molecular weight is 915 g/mol. The molecule has 13 aromatic rings. The van der Waals surface area contributed by atoms with Gasteiger partial charge >= 0.3 is 0 Å². The monoisotopic (exact) mass is 914 g/mol. The summed E-state index contributed by atoms with van der Waals surface area (Å²) >= 11 is 0. The molecule has 13 aromatic carbocycles. The van der Waals surface area contributed by atoms with E-state index in [4.69, 9.17) is 6.57 Å². The number of nitrogens with zero attached hydrogens (tertiary/aromatic N) is 4. The highest BCUT2D eigenvalue weighted by molar-refractivity contribution is 6.33. The lowest BCUT2D eigenvalue weighted by Gasteiger charge is -2.27. The largest absolute Gasteiger partial charge is 0.310 e. The fourth-order valence-corrected chi connectivity index (χ4v) is 10.8. The number of benzene rings is 13. The zero-order chi connectivity index (χ0) is 48.1. The Morgan fingerprint density at radius 1 is 0.333 bits per heavy atom. The second-order valence-electron chi connectivity index (χ2n) is 18.2. The Labute approximate surface area is 417 Å². The van der Waals surface area contributed by atoms with Crippen molar-refractivity contribution in [3.05, 3.63) is 272 Å². The van der Waals surface area contributed by atoms with Crippen molar-refractivity contribution in [3.63, 3.8) is 0 Å². The highest BCUT2D eigenvalue weighted by Gasteiger charge is 2.20. The van der Waals surface area contributed by atoms with Gasteiger partial charge in [-0.15, -0.1) is 0 Å².